The monoisotopic (exact) mass is 745 g/mol. The quantitative estimate of drug-likeness (QED) is 0.158. The van der Waals surface area contributed by atoms with Crippen LogP contribution in [-0.2, 0) is 15.9 Å². The molecule has 0 amide bonds. The Balaban J connectivity index is 1.35. The van der Waals surface area contributed by atoms with Crippen molar-refractivity contribution in [3.63, 3.8) is 0 Å². The van der Waals surface area contributed by atoms with Crippen molar-refractivity contribution in [1.82, 2.24) is 0 Å². The summed E-state index contributed by atoms with van der Waals surface area (Å²) in [5.41, 5.74) is 19.1. The average Bonchev–Trinajstić information content (AvgIpc) is 3.92. The van der Waals surface area contributed by atoms with Gasteiger partial charge in [0.05, 0.1) is 0 Å². The second-order valence-electron chi connectivity index (χ2n) is 21.5. The summed E-state index contributed by atoms with van der Waals surface area (Å²) >= 11 is 0. The smallest absolute Gasteiger partial charge is 0.0491 e. The zero-order valence-corrected chi connectivity index (χ0v) is 37.1. The number of benzene rings is 4. The van der Waals surface area contributed by atoms with Crippen molar-refractivity contribution in [2.24, 2.45) is 10.8 Å². The molecule has 4 aliphatic rings. The minimum atomic E-state index is -1.44. The van der Waals surface area contributed by atoms with Gasteiger partial charge in [-0.2, -0.15) is 0 Å². The lowest BCUT2D eigenvalue weighted by molar-refractivity contribution is 0.310. The van der Waals surface area contributed by atoms with Gasteiger partial charge in [-0.15, -0.1) is 0 Å². The maximum Gasteiger partial charge on any atom is 0.0491 e. The molecule has 4 aliphatic carbocycles. The normalized spacial score (nSPS) is 22.9. The van der Waals surface area contributed by atoms with Crippen LogP contribution >= 0.6 is 0 Å². The Morgan fingerprint density at radius 1 is 0.564 bits per heavy atom. The van der Waals surface area contributed by atoms with Crippen LogP contribution in [0.15, 0.2) is 96.1 Å². The largest absolute Gasteiger partial charge is 0.0711 e. The lowest BCUT2D eigenvalue weighted by atomic mass is 9.68. The van der Waals surface area contributed by atoms with Crippen molar-refractivity contribution in [2.75, 3.05) is 0 Å². The average molecular weight is 745 g/mol. The highest BCUT2D eigenvalue weighted by molar-refractivity contribution is 6.61. The summed E-state index contributed by atoms with van der Waals surface area (Å²) in [4.78, 5) is 0. The maximum absolute atomic E-state index is 2.76. The zero-order chi connectivity index (χ0) is 39.0. The fourth-order valence-electron chi connectivity index (χ4n) is 11.8. The van der Waals surface area contributed by atoms with Gasteiger partial charge in [-0.3, -0.25) is 0 Å². The SMILES string of the molecule is C[SiH](C)C1(C2C(CC3(C)CCCC3)=Cc3c(-c4ccc(C(C)(C)C)cc4)cccc32)C(CC2(C)CCCC2)=Cc2c(-c3ccc(C(C)(C)C)cc3)cccc21. The first-order chi connectivity index (χ1) is 26.0. The third kappa shape index (κ3) is 6.79. The summed E-state index contributed by atoms with van der Waals surface area (Å²) in [5.74, 6) is 0.372. The van der Waals surface area contributed by atoms with E-state index in [2.05, 4.69) is 166 Å². The molecule has 0 heterocycles. The predicted octanol–water partition coefficient (Wildman–Crippen LogP) is 15.4. The van der Waals surface area contributed by atoms with Crippen LogP contribution in [0.3, 0.4) is 0 Å². The number of allylic oxidation sites excluding steroid dienone is 2. The number of hydrogen-bond donors (Lipinski definition) is 0. The molecule has 0 N–H and O–H groups in total. The van der Waals surface area contributed by atoms with Crippen LogP contribution in [0, 0.1) is 10.8 Å². The van der Waals surface area contributed by atoms with E-state index in [4.69, 9.17) is 0 Å². The first-order valence-corrected chi connectivity index (χ1v) is 24.8. The Morgan fingerprint density at radius 2 is 1.04 bits per heavy atom. The molecule has 2 atom stereocenters. The molecule has 0 spiro atoms. The van der Waals surface area contributed by atoms with E-state index in [1.165, 1.54) is 109 Å². The highest BCUT2D eigenvalue weighted by Gasteiger charge is 2.55. The highest BCUT2D eigenvalue weighted by atomic mass is 28.3. The number of rotatable bonds is 8. The van der Waals surface area contributed by atoms with Crippen molar-refractivity contribution >= 4 is 20.9 Å². The van der Waals surface area contributed by atoms with Gasteiger partial charge in [-0.25, -0.2) is 0 Å². The molecule has 2 unspecified atom stereocenters. The number of hydrogen-bond acceptors (Lipinski definition) is 0. The molecular formula is C54H68Si. The van der Waals surface area contributed by atoms with Crippen molar-refractivity contribution < 1.29 is 0 Å². The van der Waals surface area contributed by atoms with E-state index < -0.39 is 8.80 Å². The van der Waals surface area contributed by atoms with Gasteiger partial charge in [0.1, 0.15) is 0 Å². The molecule has 0 nitrogen and oxygen atoms in total. The van der Waals surface area contributed by atoms with Gasteiger partial charge in [0.2, 0.25) is 0 Å². The molecule has 8 rings (SSSR count). The van der Waals surface area contributed by atoms with E-state index >= 15 is 0 Å². The Bertz CT molecular complexity index is 2110. The predicted molar refractivity (Wildman–Crippen MR) is 243 cm³/mol. The van der Waals surface area contributed by atoms with Crippen LogP contribution in [0.2, 0.25) is 13.1 Å². The standard InChI is InChI=1S/C54H68Si/c1-50(2,3)40-25-21-37(22-26-40)43-17-15-19-45-46(43)33-39(35-52(7)29-11-12-30-52)49(45)54(55(9)10)42(36-53(8)31-13-14-32-53)34-47-44(18-16-20-48(47)54)38-23-27-41(28-24-38)51(4,5)6/h15-28,33-34,49,55H,11-14,29-32,35-36H2,1-10H3. The second-order valence-corrected chi connectivity index (χ2v) is 24.7. The Hall–Kier alpha value is -3.42. The highest BCUT2D eigenvalue weighted by Crippen LogP contribution is 2.64. The lowest BCUT2D eigenvalue weighted by Crippen LogP contribution is -2.46. The molecule has 1 heteroatoms. The van der Waals surface area contributed by atoms with E-state index in [1.54, 1.807) is 22.3 Å². The van der Waals surface area contributed by atoms with Gasteiger partial charge in [0.25, 0.3) is 0 Å². The van der Waals surface area contributed by atoms with Crippen molar-refractivity contribution in [3.8, 4) is 22.3 Å². The summed E-state index contributed by atoms with van der Waals surface area (Å²) in [6, 6.07) is 33.9. The molecule has 4 aromatic rings. The van der Waals surface area contributed by atoms with Gasteiger partial charge in [-0.1, -0.05) is 202 Å². The minimum Gasteiger partial charge on any atom is -0.0711 e. The van der Waals surface area contributed by atoms with Gasteiger partial charge in [0.15, 0.2) is 0 Å². The topological polar surface area (TPSA) is 0 Å². The van der Waals surface area contributed by atoms with Gasteiger partial charge >= 0.3 is 0 Å². The summed E-state index contributed by atoms with van der Waals surface area (Å²) < 4.78 is 0. The Labute approximate surface area is 336 Å². The van der Waals surface area contributed by atoms with Crippen LogP contribution in [0.1, 0.15) is 159 Å². The van der Waals surface area contributed by atoms with Crippen molar-refractivity contribution in [2.45, 2.75) is 154 Å². The fraction of sp³-hybridized carbons (Fsp3) is 0.481. The summed E-state index contributed by atoms with van der Waals surface area (Å²) in [5, 5.41) is 0.0169. The Kier molecular flexibility index (Phi) is 9.72. The molecule has 4 aromatic carbocycles. The molecule has 0 aromatic heterocycles. The van der Waals surface area contributed by atoms with Gasteiger partial charge in [0, 0.05) is 19.8 Å². The van der Waals surface area contributed by atoms with Crippen LogP contribution in [0.4, 0.5) is 0 Å². The van der Waals surface area contributed by atoms with E-state index in [0.717, 1.165) is 0 Å². The minimum absolute atomic E-state index is 0.0169. The lowest BCUT2D eigenvalue weighted by Gasteiger charge is -2.47. The van der Waals surface area contributed by atoms with Gasteiger partial charge < -0.3 is 0 Å². The van der Waals surface area contributed by atoms with Gasteiger partial charge in [-0.05, 0) is 116 Å². The van der Waals surface area contributed by atoms with E-state index in [0.29, 0.717) is 16.7 Å². The van der Waals surface area contributed by atoms with Crippen LogP contribution in [-0.4, -0.2) is 8.80 Å². The summed E-state index contributed by atoms with van der Waals surface area (Å²) in [6.07, 6.45) is 18.9. The molecular weight excluding hydrogens is 677 g/mol. The van der Waals surface area contributed by atoms with E-state index in [-0.39, 0.29) is 15.9 Å². The first kappa shape index (κ1) is 38.5. The van der Waals surface area contributed by atoms with E-state index in [9.17, 15) is 0 Å². The van der Waals surface area contributed by atoms with Crippen LogP contribution in [0.5, 0.6) is 0 Å². The maximum atomic E-state index is 2.76. The van der Waals surface area contributed by atoms with Crippen molar-refractivity contribution in [1.29, 1.82) is 0 Å². The molecule has 288 valence electrons. The molecule has 2 saturated carbocycles. The van der Waals surface area contributed by atoms with Crippen molar-refractivity contribution in [3.05, 3.63) is 129 Å². The van der Waals surface area contributed by atoms with Crippen LogP contribution < -0.4 is 0 Å². The molecule has 2 fully saturated rings. The third-order valence-corrected chi connectivity index (χ3v) is 17.7. The van der Waals surface area contributed by atoms with Crippen LogP contribution in [0.25, 0.3) is 34.4 Å². The second kappa shape index (κ2) is 13.9. The first-order valence-electron chi connectivity index (χ1n) is 21.9. The molecule has 55 heavy (non-hydrogen) atoms. The summed E-state index contributed by atoms with van der Waals surface area (Å²) in [7, 11) is -1.44. The third-order valence-electron chi connectivity index (χ3n) is 14.9. The number of fused-ring (bicyclic) bond motifs is 2. The fourth-order valence-corrected chi connectivity index (χ4v) is 14.7. The molecule has 0 aliphatic heterocycles. The van der Waals surface area contributed by atoms with E-state index in [1.807, 2.05) is 0 Å². The molecule has 0 radical (unpaired) electrons. The molecule has 0 bridgehead atoms. The molecule has 0 saturated heterocycles. The summed E-state index contributed by atoms with van der Waals surface area (Å²) in [6.45, 7) is 24.6. The Morgan fingerprint density at radius 3 is 1.53 bits per heavy atom. The zero-order valence-electron chi connectivity index (χ0n) is 36.0.